The van der Waals surface area contributed by atoms with Crippen molar-refractivity contribution in [1.29, 1.82) is 0 Å². The zero-order chi connectivity index (χ0) is 28.0. The molecule has 0 bridgehead atoms. The molecular formula is C29H41N3O4S. The maximum Gasteiger partial charge on any atom is 0.408 e. The average molecular weight is 528 g/mol. The van der Waals surface area contributed by atoms with Crippen molar-refractivity contribution in [2.45, 2.75) is 85.2 Å². The number of thiol groups is 1. The van der Waals surface area contributed by atoms with E-state index >= 15 is 0 Å². The molecule has 0 heterocycles. The average Bonchev–Trinajstić information content (AvgIpc) is 2.79. The Balaban J connectivity index is 2.51. The van der Waals surface area contributed by atoms with Gasteiger partial charge in [-0.2, -0.15) is 12.6 Å². The maximum absolute atomic E-state index is 14.0. The summed E-state index contributed by atoms with van der Waals surface area (Å²) in [5.41, 5.74) is 2.04. The van der Waals surface area contributed by atoms with Gasteiger partial charge < -0.3 is 20.3 Å². The van der Waals surface area contributed by atoms with E-state index in [1.54, 1.807) is 25.7 Å². The number of rotatable bonds is 8. The van der Waals surface area contributed by atoms with Crippen LogP contribution < -0.4 is 10.6 Å². The first-order valence-electron chi connectivity index (χ1n) is 12.5. The second-order valence-electron chi connectivity index (χ2n) is 11.2. The van der Waals surface area contributed by atoms with Crippen LogP contribution in [0.1, 0.15) is 69.8 Å². The highest BCUT2D eigenvalue weighted by molar-refractivity contribution is 7.80. The first-order valence-corrected chi connectivity index (χ1v) is 13.1. The molecule has 202 valence electrons. The number of hydrogen-bond acceptors (Lipinski definition) is 5. The third-order valence-electron chi connectivity index (χ3n) is 5.68. The lowest BCUT2D eigenvalue weighted by Crippen LogP contribution is -2.59. The molecule has 0 aliphatic heterocycles. The Morgan fingerprint density at radius 3 is 2.14 bits per heavy atom. The summed E-state index contributed by atoms with van der Waals surface area (Å²) in [4.78, 5) is 42.0. The molecule has 2 N–H and O–H groups in total. The van der Waals surface area contributed by atoms with Gasteiger partial charge in [-0.15, -0.1) is 0 Å². The minimum Gasteiger partial charge on any atom is -0.444 e. The maximum atomic E-state index is 14.0. The topological polar surface area (TPSA) is 87.7 Å². The third-order valence-corrected chi connectivity index (χ3v) is 6.04. The molecule has 2 aromatic rings. The minimum atomic E-state index is -0.994. The van der Waals surface area contributed by atoms with Crippen LogP contribution in [0.25, 0.3) is 0 Å². The molecule has 3 amide bonds. The van der Waals surface area contributed by atoms with E-state index in [1.807, 2.05) is 83.1 Å². The fraction of sp³-hybridized carbons (Fsp3) is 0.483. The van der Waals surface area contributed by atoms with Crippen molar-refractivity contribution in [3.05, 3.63) is 70.8 Å². The van der Waals surface area contributed by atoms with Crippen molar-refractivity contribution in [3.8, 4) is 0 Å². The fourth-order valence-electron chi connectivity index (χ4n) is 3.98. The van der Waals surface area contributed by atoms with Gasteiger partial charge in [0.15, 0.2) is 0 Å². The molecule has 0 saturated heterocycles. The van der Waals surface area contributed by atoms with Crippen LogP contribution in [0.2, 0.25) is 0 Å². The Morgan fingerprint density at radius 1 is 0.973 bits per heavy atom. The second kappa shape index (κ2) is 12.5. The first-order chi connectivity index (χ1) is 17.1. The smallest absolute Gasteiger partial charge is 0.408 e. The number of carbonyl (C=O) groups excluding carboxylic acids is 3. The third kappa shape index (κ3) is 8.81. The second-order valence-corrected chi connectivity index (χ2v) is 11.6. The van der Waals surface area contributed by atoms with Gasteiger partial charge in [-0.05, 0) is 72.1 Å². The Morgan fingerprint density at radius 2 is 1.59 bits per heavy atom. The van der Waals surface area contributed by atoms with E-state index in [4.69, 9.17) is 4.74 Å². The quantitative estimate of drug-likeness (QED) is 0.416. The van der Waals surface area contributed by atoms with Crippen LogP contribution in [0.15, 0.2) is 48.5 Å². The number of carbonyl (C=O) groups is 3. The van der Waals surface area contributed by atoms with Gasteiger partial charge in [0.25, 0.3) is 0 Å². The van der Waals surface area contributed by atoms with E-state index in [0.717, 1.165) is 22.3 Å². The van der Waals surface area contributed by atoms with Gasteiger partial charge in [-0.1, -0.05) is 54.1 Å². The number of nitrogens with zero attached hydrogens (tertiary/aromatic N) is 1. The highest BCUT2D eigenvalue weighted by Crippen LogP contribution is 2.32. The van der Waals surface area contributed by atoms with E-state index in [-0.39, 0.29) is 11.7 Å². The molecule has 0 spiro atoms. The molecule has 2 atom stereocenters. The van der Waals surface area contributed by atoms with Crippen molar-refractivity contribution in [2.75, 3.05) is 5.75 Å². The molecule has 37 heavy (non-hydrogen) atoms. The van der Waals surface area contributed by atoms with Gasteiger partial charge in [0.1, 0.15) is 17.7 Å². The lowest BCUT2D eigenvalue weighted by atomic mass is 9.92. The summed E-state index contributed by atoms with van der Waals surface area (Å²) in [6.45, 7) is 15.1. The number of hydrogen-bond donors (Lipinski definition) is 3. The van der Waals surface area contributed by atoms with Crippen LogP contribution in [0.4, 0.5) is 4.79 Å². The molecule has 0 radical (unpaired) electrons. The number of benzene rings is 2. The summed E-state index contributed by atoms with van der Waals surface area (Å²) in [6, 6.07) is 13.5. The molecular weight excluding hydrogens is 486 g/mol. The van der Waals surface area contributed by atoms with Crippen molar-refractivity contribution in [1.82, 2.24) is 15.5 Å². The van der Waals surface area contributed by atoms with Gasteiger partial charge in [-0.3, -0.25) is 9.59 Å². The van der Waals surface area contributed by atoms with Crippen molar-refractivity contribution in [3.63, 3.8) is 0 Å². The van der Waals surface area contributed by atoms with Crippen LogP contribution in [0.5, 0.6) is 0 Å². The summed E-state index contributed by atoms with van der Waals surface area (Å²) in [5.74, 6) is -0.694. The summed E-state index contributed by atoms with van der Waals surface area (Å²) in [6.07, 6.45) is -0.717. The summed E-state index contributed by atoms with van der Waals surface area (Å²) in [7, 11) is 0. The Labute approximate surface area is 226 Å². The highest BCUT2D eigenvalue weighted by Gasteiger charge is 2.42. The minimum absolute atomic E-state index is 0.0375. The zero-order valence-corrected chi connectivity index (χ0v) is 24.1. The van der Waals surface area contributed by atoms with E-state index in [0.29, 0.717) is 6.54 Å². The number of aryl methyl sites for hydroxylation is 2. The molecule has 0 fully saturated rings. The molecule has 2 unspecified atom stereocenters. The van der Waals surface area contributed by atoms with Crippen molar-refractivity contribution in [2.24, 2.45) is 0 Å². The summed E-state index contributed by atoms with van der Waals surface area (Å²) >= 11 is 4.35. The van der Waals surface area contributed by atoms with E-state index in [9.17, 15) is 14.4 Å². The molecule has 0 aliphatic rings. The molecule has 8 heteroatoms. The van der Waals surface area contributed by atoms with Crippen LogP contribution in [-0.2, 0) is 20.9 Å². The van der Waals surface area contributed by atoms with Gasteiger partial charge in [0.2, 0.25) is 11.8 Å². The van der Waals surface area contributed by atoms with Crippen LogP contribution >= 0.6 is 12.6 Å². The molecule has 7 nitrogen and oxygen atoms in total. The van der Waals surface area contributed by atoms with Crippen LogP contribution in [-0.4, -0.2) is 45.7 Å². The Bertz CT molecular complexity index is 1090. The van der Waals surface area contributed by atoms with Crippen LogP contribution in [0, 0.1) is 13.8 Å². The van der Waals surface area contributed by atoms with Crippen molar-refractivity contribution >= 4 is 30.5 Å². The van der Waals surface area contributed by atoms with E-state index < -0.39 is 35.2 Å². The van der Waals surface area contributed by atoms with E-state index in [2.05, 4.69) is 23.3 Å². The predicted octanol–water partition coefficient (Wildman–Crippen LogP) is 5.11. The number of amides is 3. The Kier molecular flexibility index (Phi) is 10.2. The Hall–Kier alpha value is -3.00. The van der Waals surface area contributed by atoms with Crippen molar-refractivity contribution < 1.29 is 19.1 Å². The fourth-order valence-corrected chi connectivity index (χ4v) is 4.23. The van der Waals surface area contributed by atoms with Gasteiger partial charge >= 0.3 is 6.09 Å². The molecule has 2 aromatic carbocycles. The molecule has 0 aromatic heterocycles. The zero-order valence-electron chi connectivity index (χ0n) is 23.2. The van der Waals surface area contributed by atoms with E-state index in [1.165, 1.54) is 0 Å². The molecule has 2 rings (SSSR count). The largest absolute Gasteiger partial charge is 0.444 e. The lowest BCUT2D eigenvalue weighted by Gasteiger charge is -2.43. The number of nitrogens with one attached hydrogen (secondary N) is 2. The standard InChI is InChI=1S/C29H41N3O4S/c1-19-14-15-20(2)22(16-19)24(25(33)30-17-21-12-10-9-11-13-21)32(28(3,4)5)26(34)23(18-37)31-27(35)36-29(6,7)8/h9-16,23-24,37H,17-18H2,1-8H3,(H,30,33)(H,31,35). The number of ether oxygens (including phenoxy) is 1. The normalized spacial score (nSPS) is 13.3. The monoisotopic (exact) mass is 527 g/mol. The first kappa shape index (κ1) is 30.2. The lowest BCUT2D eigenvalue weighted by molar-refractivity contribution is -0.148. The molecule has 0 aliphatic carbocycles. The summed E-state index contributed by atoms with van der Waals surface area (Å²) in [5, 5.41) is 5.66. The molecule has 0 saturated carbocycles. The summed E-state index contributed by atoms with van der Waals surface area (Å²) < 4.78 is 5.37. The van der Waals surface area contributed by atoms with Gasteiger partial charge in [0.05, 0.1) is 0 Å². The van der Waals surface area contributed by atoms with Crippen LogP contribution in [0.3, 0.4) is 0 Å². The van der Waals surface area contributed by atoms with Gasteiger partial charge in [0, 0.05) is 17.8 Å². The number of alkyl carbamates (subject to hydrolysis) is 1. The SMILES string of the molecule is Cc1ccc(C)c(C(C(=O)NCc2ccccc2)N(C(=O)C(CS)NC(=O)OC(C)(C)C)C(C)(C)C)c1. The highest BCUT2D eigenvalue weighted by atomic mass is 32.1. The predicted molar refractivity (Wildman–Crippen MR) is 151 cm³/mol. The van der Waals surface area contributed by atoms with Gasteiger partial charge in [-0.25, -0.2) is 4.79 Å².